The number of allylic oxidation sites excluding steroid dienone is 2. The molecule has 0 aliphatic carbocycles. The highest BCUT2D eigenvalue weighted by molar-refractivity contribution is 5.27. The van der Waals surface area contributed by atoms with E-state index in [2.05, 4.69) is 32.9 Å². The minimum absolute atomic E-state index is 0. The Morgan fingerprint density at radius 2 is 2.00 bits per heavy atom. The second kappa shape index (κ2) is 4.28. The van der Waals surface area contributed by atoms with Crippen molar-refractivity contribution in [2.45, 2.75) is 20.8 Å². The van der Waals surface area contributed by atoms with Crippen LogP contribution in [0, 0.1) is 5.41 Å². The monoisotopic (exact) mass is 279 g/mol. The quantitative estimate of drug-likeness (QED) is 0.439. The van der Waals surface area contributed by atoms with Crippen LogP contribution in [-0.2, 0) is 0 Å². The lowest BCUT2D eigenvalue weighted by Crippen LogP contribution is -3.00. The zero-order chi connectivity index (χ0) is 8.48. The van der Waals surface area contributed by atoms with Crippen molar-refractivity contribution in [3.05, 3.63) is 23.9 Å². The van der Waals surface area contributed by atoms with Gasteiger partial charge in [0, 0.05) is 6.20 Å². The van der Waals surface area contributed by atoms with Gasteiger partial charge in [0.15, 0.2) is 0 Å². The van der Waals surface area contributed by atoms with Crippen LogP contribution >= 0.6 is 0 Å². The van der Waals surface area contributed by atoms with Crippen LogP contribution in [0.25, 0.3) is 0 Å². The Morgan fingerprint density at radius 3 is 2.33 bits per heavy atom. The Hall–Kier alpha value is -0.0300. The normalized spacial score (nSPS) is 17.0. The molecular weight excluding hydrogens is 263 g/mol. The molecule has 1 rings (SSSR count). The summed E-state index contributed by atoms with van der Waals surface area (Å²) < 4.78 is 0. The minimum Gasteiger partial charge on any atom is -1.00 e. The molecular formula is C9H16IN2-. The summed E-state index contributed by atoms with van der Waals surface area (Å²) in [5.41, 5.74) is 1.61. The predicted molar refractivity (Wildman–Crippen MR) is 47.6 cm³/mol. The molecule has 0 bridgehead atoms. The maximum absolute atomic E-state index is 5.54. The highest BCUT2D eigenvalue weighted by atomic mass is 127. The molecule has 0 aromatic carbocycles. The molecule has 1 heterocycles. The van der Waals surface area contributed by atoms with E-state index < -0.39 is 0 Å². The van der Waals surface area contributed by atoms with Gasteiger partial charge in [-0.05, 0) is 17.1 Å². The first kappa shape index (κ1) is 12.0. The summed E-state index contributed by atoms with van der Waals surface area (Å²) in [5, 5.41) is 1.68. The van der Waals surface area contributed by atoms with Crippen LogP contribution in [0.5, 0.6) is 0 Å². The molecule has 0 amide bonds. The average molecular weight is 279 g/mol. The fourth-order valence-corrected chi connectivity index (χ4v) is 1.06. The molecule has 12 heavy (non-hydrogen) atoms. The van der Waals surface area contributed by atoms with Gasteiger partial charge in [-0.2, -0.15) is 0 Å². The number of nitrogens with zero attached hydrogens (tertiary/aromatic N) is 1. The third-order valence-corrected chi connectivity index (χ3v) is 1.83. The first-order valence-corrected chi connectivity index (χ1v) is 3.90. The third-order valence-electron chi connectivity index (χ3n) is 1.83. The zero-order valence-corrected chi connectivity index (χ0v) is 10.00. The maximum Gasteiger partial charge on any atom is 0.0522 e. The molecule has 3 heteroatoms. The first-order valence-electron chi connectivity index (χ1n) is 3.90. The molecule has 0 fully saturated rings. The lowest BCUT2D eigenvalue weighted by Gasteiger charge is -2.25. The number of hydrogen-bond acceptors (Lipinski definition) is 2. The fourth-order valence-electron chi connectivity index (χ4n) is 1.06. The summed E-state index contributed by atoms with van der Waals surface area (Å²) >= 11 is 0. The molecule has 1 aliphatic rings. The van der Waals surface area contributed by atoms with E-state index in [9.17, 15) is 0 Å². The van der Waals surface area contributed by atoms with Crippen molar-refractivity contribution >= 4 is 0 Å². The van der Waals surface area contributed by atoms with Crippen molar-refractivity contribution in [1.82, 2.24) is 5.01 Å². The van der Waals surface area contributed by atoms with Crippen LogP contribution in [0.1, 0.15) is 20.8 Å². The first-order chi connectivity index (χ1) is 5.00. The second-order valence-corrected chi connectivity index (χ2v) is 3.92. The summed E-state index contributed by atoms with van der Waals surface area (Å²) in [6, 6.07) is 0. The van der Waals surface area contributed by atoms with Crippen molar-refractivity contribution in [3.63, 3.8) is 0 Å². The van der Waals surface area contributed by atoms with E-state index in [0.717, 1.165) is 6.54 Å². The Morgan fingerprint density at radius 1 is 1.42 bits per heavy atom. The standard InChI is InChI=1S/C9H16N2.HI/c1-9(2,3)8-4-6-11(10)7-5-8;/h4-6H,7,10H2,1-3H3;1H/p-1. The van der Waals surface area contributed by atoms with Gasteiger partial charge in [-0.15, -0.1) is 0 Å². The van der Waals surface area contributed by atoms with Crippen LogP contribution in [0.2, 0.25) is 0 Å². The highest BCUT2D eigenvalue weighted by Crippen LogP contribution is 2.27. The van der Waals surface area contributed by atoms with Gasteiger partial charge in [-0.25, -0.2) is 5.84 Å². The van der Waals surface area contributed by atoms with Crippen molar-refractivity contribution in [2.24, 2.45) is 11.3 Å². The molecule has 0 aromatic heterocycles. The molecule has 0 saturated heterocycles. The van der Waals surface area contributed by atoms with Gasteiger partial charge >= 0.3 is 0 Å². The number of nitrogens with two attached hydrogens (primary N) is 1. The zero-order valence-electron chi connectivity index (χ0n) is 7.84. The van der Waals surface area contributed by atoms with Crippen LogP contribution in [-0.4, -0.2) is 11.6 Å². The molecule has 1 aliphatic heterocycles. The smallest absolute Gasteiger partial charge is 0.0522 e. The Labute approximate surface area is 91.5 Å². The summed E-state index contributed by atoms with van der Waals surface area (Å²) in [4.78, 5) is 0. The van der Waals surface area contributed by atoms with Crippen molar-refractivity contribution in [1.29, 1.82) is 0 Å². The molecule has 0 radical (unpaired) electrons. The van der Waals surface area contributed by atoms with Gasteiger partial charge in [0.05, 0.1) is 6.54 Å². The lowest BCUT2D eigenvalue weighted by atomic mass is 9.85. The summed E-state index contributed by atoms with van der Waals surface area (Å²) in [5.74, 6) is 5.54. The molecule has 0 unspecified atom stereocenters. The SMILES string of the molecule is CC(C)(C)C1=CCN(N)C=C1.[I-]. The van der Waals surface area contributed by atoms with E-state index in [4.69, 9.17) is 5.84 Å². The van der Waals surface area contributed by atoms with E-state index in [-0.39, 0.29) is 29.4 Å². The van der Waals surface area contributed by atoms with Crippen LogP contribution in [0.3, 0.4) is 0 Å². The summed E-state index contributed by atoms with van der Waals surface area (Å²) in [7, 11) is 0. The second-order valence-electron chi connectivity index (χ2n) is 3.92. The van der Waals surface area contributed by atoms with Gasteiger partial charge in [0.2, 0.25) is 0 Å². The van der Waals surface area contributed by atoms with Crippen LogP contribution in [0.15, 0.2) is 23.9 Å². The summed E-state index contributed by atoms with van der Waals surface area (Å²) in [6.45, 7) is 7.43. The van der Waals surface area contributed by atoms with Gasteiger partial charge in [-0.1, -0.05) is 26.8 Å². The number of rotatable bonds is 0. The third kappa shape index (κ3) is 3.15. The molecule has 0 saturated carbocycles. The minimum atomic E-state index is 0. The topological polar surface area (TPSA) is 29.3 Å². The van der Waals surface area contributed by atoms with E-state index in [1.807, 2.05) is 6.20 Å². The molecule has 2 N–H and O–H groups in total. The van der Waals surface area contributed by atoms with Gasteiger partial charge in [0.25, 0.3) is 0 Å². The van der Waals surface area contributed by atoms with Crippen molar-refractivity contribution in [2.75, 3.05) is 6.54 Å². The Balaban J connectivity index is 0.00000121. The Bertz CT molecular complexity index is 201. The van der Waals surface area contributed by atoms with Gasteiger partial charge in [-0.3, -0.25) is 0 Å². The average Bonchev–Trinajstić information content (AvgIpc) is 1.86. The fraction of sp³-hybridized carbons (Fsp3) is 0.556. The molecule has 2 nitrogen and oxygen atoms in total. The van der Waals surface area contributed by atoms with Crippen molar-refractivity contribution < 1.29 is 24.0 Å². The Kier molecular flexibility index (Phi) is 4.26. The van der Waals surface area contributed by atoms with Gasteiger partial charge < -0.3 is 29.0 Å². The number of hydrogen-bond donors (Lipinski definition) is 1. The maximum atomic E-state index is 5.54. The molecule has 0 spiro atoms. The van der Waals surface area contributed by atoms with Crippen LogP contribution < -0.4 is 29.8 Å². The largest absolute Gasteiger partial charge is 1.00 e. The highest BCUT2D eigenvalue weighted by Gasteiger charge is 2.15. The molecule has 0 aromatic rings. The number of halogens is 1. The van der Waals surface area contributed by atoms with Crippen LogP contribution in [0.4, 0.5) is 0 Å². The molecule has 0 atom stereocenters. The van der Waals surface area contributed by atoms with E-state index in [0.29, 0.717) is 0 Å². The molecule has 70 valence electrons. The van der Waals surface area contributed by atoms with E-state index in [1.54, 1.807) is 5.01 Å². The lowest BCUT2D eigenvalue weighted by molar-refractivity contribution is -0.00000290. The predicted octanol–water partition coefficient (Wildman–Crippen LogP) is -1.33. The number of hydrazine groups is 1. The van der Waals surface area contributed by atoms with Crippen molar-refractivity contribution in [3.8, 4) is 0 Å². The van der Waals surface area contributed by atoms with E-state index >= 15 is 0 Å². The summed E-state index contributed by atoms with van der Waals surface area (Å²) in [6.07, 6.45) is 6.16. The van der Waals surface area contributed by atoms with Gasteiger partial charge in [0.1, 0.15) is 0 Å². The van der Waals surface area contributed by atoms with E-state index in [1.165, 1.54) is 5.57 Å².